The van der Waals surface area contributed by atoms with E-state index in [-0.39, 0.29) is 48.4 Å². The van der Waals surface area contributed by atoms with E-state index in [0.717, 1.165) is 32.1 Å². The molecule has 5 heterocycles. The highest BCUT2D eigenvalue weighted by Crippen LogP contribution is 2.70. The van der Waals surface area contributed by atoms with Gasteiger partial charge in [-0.3, -0.25) is 0 Å². The minimum Gasteiger partial charge on any atom is -0.396 e. The van der Waals surface area contributed by atoms with Crippen LogP contribution in [0.25, 0.3) is 0 Å². The van der Waals surface area contributed by atoms with E-state index in [9.17, 15) is 71.5 Å². The number of aliphatic hydroxyl groups is 14. The highest BCUT2D eigenvalue weighted by atomic mass is 16.8. The third-order valence-electron chi connectivity index (χ3n) is 19.6. The normalized spacial score (nSPS) is 54.9. The molecule has 0 aromatic carbocycles. The largest absolute Gasteiger partial charge is 0.396 e. The molecule has 0 radical (unpaired) electrons. The molecule has 0 amide bonds. The Hall–Kier alpha value is -1.18. The van der Waals surface area contributed by atoms with Crippen molar-refractivity contribution in [2.45, 2.75) is 233 Å². The lowest BCUT2D eigenvalue weighted by Gasteiger charge is -2.58. The summed E-state index contributed by atoms with van der Waals surface area (Å²) in [5.41, 5.74) is 0.972. The van der Waals surface area contributed by atoms with Gasteiger partial charge in [0.2, 0.25) is 0 Å². The molecule has 8 fully saturated rings. The lowest BCUT2D eigenvalue weighted by Crippen LogP contribution is -2.66. The van der Waals surface area contributed by atoms with Crippen LogP contribution in [0.2, 0.25) is 0 Å². The van der Waals surface area contributed by atoms with E-state index < -0.39 is 154 Å². The monoisotopic (exact) mass is 1060 g/mol. The van der Waals surface area contributed by atoms with Gasteiger partial charge in [-0.1, -0.05) is 32.4 Å². The second-order valence-corrected chi connectivity index (χ2v) is 23.8. The molecule has 0 aromatic rings. The summed E-state index contributed by atoms with van der Waals surface area (Å²) in [6, 6.07) is 0. The Morgan fingerprint density at radius 3 is 1.85 bits per heavy atom. The van der Waals surface area contributed by atoms with Crippen LogP contribution in [0.3, 0.4) is 0 Å². The van der Waals surface area contributed by atoms with E-state index in [0.29, 0.717) is 37.0 Å². The van der Waals surface area contributed by atoms with Crippen molar-refractivity contribution in [3.8, 4) is 0 Å². The van der Waals surface area contributed by atoms with E-state index >= 15 is 0 Å². The number of aliphatic hydroxyl groups excluding tert-OH is 13. The third kappa shape index (κ3) is 10.2. The van der Waals surface area contributed by atoms with Crippen LogP contribution >= 0.6 is 0 Å². The van der Waals surface area contributed by atoms with Gasteiger partial charge in [0, 0.05) is 24.9 Å². The molecule has 3 saturated carbocycles. The van der Waals surface area contributed by atoms with Gasteiger partial charge >= 0.3 is 0 Å². The number of ether oxygens (including phenoxy) is 9. The van der Waals surface area contributed by atoms with Crippen molar-refractivity contribution in [2.24, 2.45) is 46.3 Å². The van der Waals surface area contributed by atoms with E-state index in [1.54, 1.807) is 0 Å². The molecule has 9 aliphatic rings. The topological polar surface area (TPSA) is 366 Å². The molecular formula is C51H84O23. The molecule has 4 aliphatic carbocycles. The van der Waals surface area contributed by atoms with Gasteiger partial charge in [0.25, 0.3) is 0 Å². The Morgan fingerprint density at radius 2 is 1.23 bits per heavy atom. The van der Waals surface area contributed by atoms with Crippen molar-refractivity contribution in [3.05, 3.63) is 11.6 Å². The molecule has 5 saturated heterocycles. The number of rotatable bonds is 15. The molecule has 74 heavy (non-hydrogen) atoms. The second kappa shape index (κ2) is 22.4. The Kier molecular flexibility index (Phi) is 17.4. The lowest BCUT2D eigenvalue weighted by molar-refractivity contribution is -0.388. The van der Waals surface area contributed by atoms with Gasteiger partial charge in [-0.25, -0.2) is 0 Å². The summed E-state index contributed by atoms with van der Waals surface area (Å²) in [6.45, 7) is 8.03. The molecule has 23 nitrogen and oxygen atoms in total. The molecular weight excluding hydrogens is 981 g/mol. The minimum atomic E-state index is -1.76. The Labute approximate surface area is 430 Å². The van der Waals surface area contributed by atoms with Gasteiger partial charge in [-0.2, -0.15) is 0 Å². The summed E-state index contributed by atoms with van der Waals surface area (Å²) in [5, 5.41) is 149. The molecule has 0 spiro atoms. The van der Waals surface area contributed by atoms with Crippen LogP contribution in [-0.2, 0) is 42.6 Å². The maximum Gasteiger partial charge on any atom is 0.187 e. The van der Waals surface area contributed by atoms with Crippen molar-refractivity contribution in [3.63, 3.8) is 0 Å². The minimum absolute atomic E-state index is 0.0749. The van der Waals surface area contributed by atoms with E-state index in [4.69, 9.17) is 42.6 Å². The summed E-state index contributed by atoms with van der Waals surface area (Å²) < 4.78 is 54.4. The Balaban J connectivity index is 0.850. The zero-order valence-corrected chi connectivity index (χ0v) is 42.9. The van der Waals surface area contributed by atoms with Crippen LogP contribution in [-0.4, -0.2) is 239 Å². The smallest absolute Gasteiger partial charge is 0.187 e. The highest BCUT2D eigenvalue weighted by Gasteiger charge is 2.68. The molecule has 14 N–H and O–H groups in total. The Bertz CT molecular complexity index is 1920. The van der Waals surface area contributed by atoms with Crippen LogP contribution in [0.15, 0.2) is 11.6 Å². The first-order valence-corrected chi connectivity index (χ1v) is 26.9. The second-order valence-electron chi connectivity index (χ2n) is 23.8. The zero-order chi connectivity index (χ0) is 53.5. The molecule has 31 atom stereocenters. The molecule has 20 unspecified atom stereocenters. The summed E-state index contributed by atoms with van der Waals surface area (Å²) in [5.74, 6) is -0.984. The Morgan fingerprint density at radius 1 is 0.635 bits per heavy atom. The molecule has 9 rings (SSSR count). The van der Waals surface area contributed by atoms with Gasteiger partial charge < -0.3 is 114 Å². The highest BCUT2D eigenvalue weighted by molar-refractivity contribution is 5.26. The maximum absolute atomic E-state index is 12.1. The quantitative estimate of drug-likeness (QED) is 0.0727. The zero-order valence-electron chi connectivity index (χ0n) is 42.9. The number of hydrogen-bond donors (Lipinski definition) is 14. The molecule has 426 valence electrons. The predicted molar refractivity (Wildman–Crippen MR) is 250 cm³/mol. The van der Waals surface area contributed by atoms with Crippen LogP contribution < -0.4 is 0 Å². The SMILES string of the molecule is CC1OC(OC2C(CO)OC(O[C@H]3CC[C@@]4(C)C(=CC[C@H]5[C@@H]6C[C@@H]7O[C@](O)(CC[C@@H](CO)COC8OC(CO)C(O)C(O)C8O)[C@@H](C)[C@@H]7[C@@]6(C)CC[C@@H]54)C3)C(OC3OC(C)C(O)C(O)C3O)C2O)C(O)C(O)C1O. The number of fused-ring (bicyclic) bond motifs is 7. The first kappa shape index (κ1) is 57.5. The van der Waals surface area contributed by atoms with E-state index in [2.05, 4.69) is 26.8 Å². The fourth-order valence-corrected chi connectivity index (χ4v) is 15.0. The maximum atomic E-state index is 12.1. The van der Waals surface area contributed by atoms with Gasteiger partial charge in [-0.05, 0) is 99.7 Å². The standard InChI is InChI=1S/C51H84O23/c1-20-32-29(74-51(20,65)13-8-23(16-52)19-66-45-39(61)38(60)35(57)30(17-53)70-45)15-28-26-7-6-24-14-25(9-11-49(24,4)27(26)10-12-50(28,32)5)69-48-44(73-47-41(63)37(59)34(56)22(3)68-47)42(64)43(31(18-54)71-48)72-46-40(62)36(58)33(55)21(2)67-46/h6,20-23,25-48,52-65H,7-19H2,1-5H3/t20-,21?,22?,23-,25-,26+,27-,28-,29-,30?,31?,32-,33?,34?,35?,36?,37?,38?,39?,40?,41?,42?,43?,44?,45?,46?,47?,48?,49-,50-,51+/m0/s1. The average molecular weight is 1070 g/mol. The van der Waals surface area contributed by atoms with Crippen molar-refractivity contribution in [1.29, 1.82) is 0 Å². The van der Waals surface area contributed by atoms with Crippen molar-refractivity contribution in [1.82, 2.24) is 0 Å². The van der Waals surface area contributed by atoms with Crippen LogP contribution in [0.1, 0.15) is 92.4 Å². The lowest BCUT2D eigenvalue weighted by atomic mass is 9.47. The molecule has 0 bridgehead atoms. The predicted octanol–water partition coefficient (Wildman–Crippen LogP) is -3.01. The van der Waals surface area contributed by atoms with Crippen LogP contribution in [0.4, 0.5) is 0 Å². The van der Waals surface area contributed by atoms with Crippen molar-refractivity contribution >= 4 is 0 Å². The fourth-order valence-electron chi connectivity index (χ4n) is 15.0. The first-order valence-electron chi connectivity index (χ1n) is 26.9. The van der Waals surface area contributed by atoms with E-state index in [1.807, 2.05) is 0 Å². The summed E-state index contributed by atoms with van der Waals surface area (Å²) in [7, 11) is 0. The van der Waals surface area contributed by atoms with Gasteiger partial charge in [0.15, 0.2) is 30.9 Å². The molecule has 0 aromatic heterocycles. The van der Waals surface area contributed by atoms with Crippen LogP contribution in [0.5, 0.6) is 0 Å². The van der Waals surface area contributed by atoms with Gasteiger partial charge in [0.1, 0.15) is 85.5 Å². The first-order chi connectivity index (χ1) is 35.0. The van der Waals surface area contributed by atoms with E-state index in [1.165, 1.54) is 19.4 Å². The summed E-state index contributed by atoms with van der Waals surface area (Å²) >= 11 is 0. The number of allylic oxidation sites excluding steroid dienone is 1. The van der Waals surface area contributed by atoms with Gasteiger partial charge in [0.05, 0.1) is 44.2 Å². The summed E-state index contributed by atoms with van der Waals surface area (Å²) in [4.78, 5) is 0. The average Bonchev–Trinajstić information content (AvgIpc) is 3.82. The van der Waals surface area contributed by atoms with Gasteiger partial charge in [-0.15, -0.1) is 0 Å². The molecule has 5 aliphatic heterocycles. The number of hydrogen-bond acceptors (Lipinski definition) is 23. The molecule has 23 heteroatoms. The van der Waals surface area contributed by atoms with Crippen molar-refractivity contribution in [2.75, 3.05) is 26.4 Å². The fraction of sp³-hybridized carbons (Fsp3) is 0.961. The van der Waals surface area contributed by atoms with Crippen molar-refractivity contribution < 1.29 is 114 Å². The van der Waals surface area contributed by atoms with Crippen LogP contribution in [0, 0.1) is 46.3 Å². The summed E-state index contributed by atoms with van der Waals surface area (Å²) in [6.07, 6.45) is -21.6. The third-order valence-corrected chi connectivity index (χ3v) is 19.6.